The third-order valence-corrected chi connectivity index (χ3v) is 7.85. The molecule has 2 aromatic carbocycles. The van der Waals surface area contributed by atoms with Crippen molar-refractivity contribution in [3.05, 3.63) is 60.2 Å². The summed E-state index contributed by atoms with van der Waals surface area (Å²) in [5.74, 6) is -0.0749. The van der Waals surface area contributed by atoms with Crippen LogP contribution in [-0.4, -0.2) is 18.9 Å². The van der Waals surface area contributed by atoms with Crippen molar-refractivity contribution in [1.82, 2.24) is 0 Å². The minimum atomic E-state index is -0.0962. The van der Waals surface area contributed by atoms with Crippen molar-refractivity contribution in [2.45, 2.75) is 135 Å². The number of carbonyl (C=O) groups excluding carboxylic acids is 2. The fourth-order valence-corrected chi connectivity index (χ4v) is 5.28. The molecule has 2 aromatic rings. The van der Waals surface area contributed by atoms with Gasteiger partial charge in [-0.05, 0) is 36.8 Å². The van der Waals surface area contributed by atoms with Crippen LogP contribution < -0.4 is 10.2 Å². The molecule has 222 valence electrons. The van der Waals surface area contributed by atoms with E-state index in [0.717, 1.165) is 18.5 Å². The molecule has 0 bridgehead atoms. The van der Waals surface area contributed by atoms with Gasteiger partial charge in [0, 0.05) is 30.4 Å². The molecule has 0 unspecified atom stereocenters. The normalized spacial score (nSPS) is 10.9. The van der Waals surface area contributed by atoms with Crippen molar-refractivity contribution < 1.29 is 9.59 Å². The lowest BCUT2D eigenvalue weighted by molar-refractivity contribution is -0.116. The standard InChI is InChI=1S/C36H56N2O2/c1-3-4-5-6-7-8-9-10-11-12-13-14-15-16-17-18-19-20-24-30-35(39)37-33-27-25-26-32(31-33)36(40)38(2)34-28-22-21-23-29-34/h21-23,25-29,31H,3-20,24,30H2,1-2H3,(H,37,39). The van der Waals surface area contributed by atoms with E-state index in [1.54, 1.807) is 24.1 Å². The summed E-state index contributed by atoms with van der Waals surface area (Å²) in [5, 5.41) is 2.96. The fourth-order valence-electron chi connectivity index (χ4n) is 5.28. The van der Waals surface area contributed by atoms with Gasteiger partial charge in [0.1, 0.15) is 0 Å². The molecular formula is C36H56N2O2. The number of rotatable bonds is 23. The quantitative estimate of drug-likeness (QED) is 0.140. The van der Waals surface area contributed by atoms with Crippen LogP contribution in [0.2, 0.25) is 0 Å². The number of hydrogen-bond donors (Lipinski definition) is 1. The summed E-state index contributed by atoms with van der Waals surface area (Å²) in [4.78, 5) is 26.9. The van der Waals surface area contributed by atoms with Crippen LogP contribution in [0.15, 0.2) is 54.6 Å². The lowest BCUT2D eigenvalue weighted by Crippen LogP contribution is -2.26. The van der Waals surface area contributed by atoms with Gasteiger partial charge in [-0.25, -0.2) is 0 Å². The van der Waals surface area contributed by atoms with E-state index in [4.69, 9.17) is 0 Å². The van der Waals surface area contributed by atoms with Crippen LogP contribution in [-0.2, 0) is 4.79 Å². The molecule has 0 atom stereocenters. The van der Waals surface area contributed by atoms with Gasteiger partial charge in [-0.2, -0.15) is 0 Å². The van der Waals surface area contributed by atoms with Gasteiger partial charge in [0.15, 0.2) is 0 Å². The van der Waals surface area contributed by atoms with Crippen LogP contribution in [0, 0.1) is 0 Å². The van der Waals surface area contributed by atoms with Crippen molar-refractivity contribution in [2.75, 3.05) is 17.3 Å². The van der Waals surface area contributed by atoms with Gasteiger partial charge in [0.2, 0.25) is 5.91 Å². The average Bonchev–Trinajstić information content (AvgIpc) is 2.98. The lowest BCUT2D eigenvalue weighted by atomic mass is 10.0. The Balaban J connectivity index is 1.43. The predicted octanol–water partition coefficient (Wildman–Crippen LogP) is 10.7. The maximum Gasteiger partial charge on any atom is 0.258 e. The fraction of sp³-hybridized carbons (Fsp3) is 0.611. The van der Waals surface area contributed by atoms with Gasteiger partial charge in [-0.15, -0.1) is 0 Å². The van der Waals surface area contributed by atoms with Crippen molar-refractivity contribution in [1.29, 1.82) is 0 Å². The summed E-state index contributed by atoms with van der Waals surface area (Å²) in [7, 11) is 1.77. The van der Waals surface area contributed by atoms with Gasteiger partial charge in [0.05, 0.1) is 0 Å². The Morgan fingerprint density at radius 2 is 1.07 bits per heavy atom. The molecule has 40 heavy (non-hydrogen) atoms. The van der Waals surface area contributed by atoms with Crippen molar-refractivity contribution in [2.24, 2.45) is 0 Å². The Bertz CT molecular complexity index is 927. The molecule has 4 heteroatoms. The summed E-state index contributed by atoms with van der Waals surface area (Å²) in [6.45, 7) is 2.29. The number of anilines is 2. The molecule has 0 aromatic heterocycles. The van der Waals surface area contributed by atoms with E-state index >= 15 is 0 Å². The van der Waals surface area contributed by atoms with E-state index in [1.165, 1.54) is 109 Å². The van der Waals surface area contributed by atoms with Gasteiger partial charge in [0.25, 0.3) is 5.91 Å². The minimum Gasteiger partial charge on any atom is -0.326 e. The first-order valence-electron chi connectivity index (χ1n) is 16.3. The topological polar surface area (TPSA) is 49.4 Å². The van der Waals surface area contributed by atoms with Crippen LogP contribution in [0.3, 0.4) is 0 Å². The molecule has 2 amide bonds. The van der Waals surface area contributed by atoms with Crippen LogP contribution in [0.4, 0.5) is 11.4 Å². The second-order valence-corrected chi connectivity index (χ2v) is 11.4. The molecule has 0 saturated heterocycles. The smallest absolute Gasteiger partial charge is 0.258 e. The number of nitrogens with one attached hydrogen (secondary N) is 1. The number of carbonyl (C=O) groups is 2. The summed E-state index contributed by atoms with van der Waals surface area (Å²) >= 11 is 0. The van der Waals surface area contributed by atoms with Gasteiger partial charge < -0.3 is 10.2 Å². The number of hydrogen-bond acceptors (Lipinski definition) is 2. The molecule has 0 spiro atoms. The van der Waals surface area contributed by atoms with E-state index in [2.05, 4.69) is 12.2 Å². The van der Waals surface area contributed by atoms with Crippen LogP contribution in [0.5, 0.6) is 0 Å². The Kier molecular flexibility index (Phi) is 18.6. The van der Waals surface area contributed by atoms with Crippen molar-refractivity contribution in [3.63, 3.8) is 0 Å². The molecule has 0 aliphatic carbocycles. The summed E-state index contributed by atoms with van der Waals surface area (Å²) < 4.78 is 0. The zero-order valence-corrected chi connectivity index (χ0v) is 25.6. The molecule has 0 fully saturated rings. The average molecular weight is 549 g/mol. The number of amides is 2. The number of para-hydroxylation sites is 1. The SMILES string of the molecule is CCCCCCCCCCCCCCCCCCCCCC(=O)Nc1cccc(C(=O)N(C)c2ccccc2)c1. The number of benzene rings is 2. The van der Waals surface area contributed by atoms with E-state index < -0.39 is 0 Å². The second-order valence-electron chi connectivity index (χ2n) is 11.4. The second kappa shape index (κ2) is 22.1. The van der Waals surface area contributed by atoms with Crippen LogP contribution in [0.1, 0.15) is 146 Å². The Morgan fingerprint density at radius 3 is 1.57 bits per heavy atom. The molecule has 1 N–H and O–H groups in total. The largest absolute Gasteiger partial charge is 0.326 e. The predicted molar refractivity (Wildman–Crippen MR) is 172 cm³/mol. The van der Waals surface area contributed by atoms with Crippen molar-refractivity contribution in [3.8, 4) is 0 Å². The Morgan fingerprint density at radius 1 is 0.600 bits per heavy atom. The maximum absolute atomic E-state index is 12.9. The molecule has 0 saturated carbocycles. The molecule has 0 radical (unpaired) electrons. The zero-order chi connectivity index (χ0) is 28.7. The summed E-state index contributed by atoms with van der Waals surface area (Å²) in [6.07, 6.45) is 26.1. The Hall–Kier alpha value is -2.62. The zero-order valence-electron chi connectivity index (χ0n) is 25.6. The minimum absolute atomic E-state index is 0.0213. The third-order valence-electron chi connectivity index (χ3n) is 7.85. The Labute approximate surface area is 245 Å². The maximum atomic E-state index is 12.9. The summed E-state index contributed by atoms with van der Waals surface area (Å²) in [6, 6.07) is 16.8. The molecule has 2 rings (SSSR count). The highest BCUT2D eigenvalue weighted by atomic mass is 16.2. The van der Waals surface area contributed by atoms with Gasteiger partial charge in [-0.3, -0.25) is 9.59 Å². The van der Waals surface area contributed by atoms with E-state index in [9.17, 15) is 9.59 Å². The van der Waals surface area contributed by atoms with E-state index in [-0.39, 0.29) is 11.8 Å². The first-order chi connectivity index (χ1) is 19.6. The van der Waals surface area contributed by atoms with Gasteiger partial charge >= 0.3 is 0 Å². The first-order valence-corrected chi connectivity index (χ1v) is 16.3. The van der Waals surface area contributed by atoms with E-state index in [0.29, 0.717) is 17.7 Å². The van der Waals surface area contributed by atoms with Crippen LogP contribution in [0.25, 0.3) is 0 Å². The molecule has 4 nitrogen and oxygen atoms in total. The highest BCUT2D eigenvalue weighted by Gasteiger charge is 2.14. The molecule has 0 aliphatic rings. The van der Waals surface area contributed by atoms with Gasteiger partial charge in [-0.1, -0.05) is 147 Å². The lowest BCUT2D eigenvalue weighted by Gasteiger charge is -2.17. The molecular weight excluding hydrogens is 492 g/mol. The summed E-state index contributed by atoms with van der Waals surface area (Å²) in [5.41, 5.74) is 2.08. The molecule has 0 aliphatic heterocycles. The first kappa shape index (κ1) is 33.6. The third kappa shape index (κ3) is 15.2. The monoisotopic (exact) mass is 548 g/mol. The number of nitrogens with zero attached hydrogens (tertiary/aromatic N) is 1. The van der Waals surface area contributed by atoms with E-state index in [1.807, 2.05) is 42.5 Å². The highest BCUT2D eigenvalue weighted by Crippen LogP contribution is 2.18. The molecule has 0 heterocycles. The van der Waals surface area contributed by atoms with Crippen molar-refractivity contribution >= 4 is 23.2 Å². The van der Waals surface area contributed by atoms with Crippen LogP contribution >= 0.6 is 0 Å². The highest BCUT2D eigenvalue weighted by molar-refractivity contribution is 6.06. The number of unbranched alkanes of at least 4 members (excludes halogenated alkanes) is 18.